The van der Waals surface area contributed by atoms with E-state index < -0.39 is 0 Å². The minimum absolute atomic E-state index is 0.134. The molecule has 1 N–H and O–H groups in total. The summed E-state index contributed by atoms with van der Waals surface area (Å²) in [6.07, 6.45) is 5.83. The van der Waals surface area contributed by atoms with Crippen LogP contribution in [0, 0.1) is 6.92 Å². The third kappa shape index (κ3) is 2.42. The number of H-pyrrole nitrogens is 1. The van der Waals surface area contributed by atoms with Gasteiger partial charge in [-0.25, -0.2) is 0 Å². The van der Waals surface area contributed by atoms with E-state index in [2.05, 4.69) is 10.1 Å². The fraction of sp³-hybridized carbons (Fsp3) is 0.333. The van der Waals surface area contributed by atoms with Gasteiger partial charge in [0.1, 0.15) is 0 Å². The van der Waals surface area contributed by atoms with Gasteiger partial charge < -0.3 is 9.88 Å². The topological polar surface area (TPSA) is 53.9 Å². The normalized spacial score (nSPS) is 18.0. The number of nitrogens with zero attached hydrogens (tertiary/aromatic N) is 3. The SMILES string of the molecule is Cc1[nH]c2ccccc2c1C(=O)N1CCCC1Cn1cccn1. The Bertz CT molecular complexity index is 834. The molecule has 1 atom stereocenters. The molecule has 1 aromatic carbocycles. The standard InChI is InChI=1S/C18H20N4O/c1-13-17(15-7-2-3-8-16(15)20-13)18(23)22-11-4-6-14(22)12-21-10-5-9-19-21/h2-3,5,7-10,14,20H,4,6,11-12H2,1H3. The number of likely N-dealkylation sites (tertiary alicyclic amines) is 1. The van der Waals surface area contributed by atoms with E-state index in [1.807, 2.05) is 53.0 Å². The maximum Gasteiger partial charge on any atom is 0.256 e. The van der Waals surface area contributed by atoms with E-state index in [9.17, 15) is 4.79 Å². The van der Waals surface area contributed by atoms with Crippen molar-refractivity contribution in [2.75, 3.05) is 6.54 Å². The van der Waals surface area contributed by atoms with Crippen molar-refractivity contribution in [1.29, 1.82) is 0 Å². The van der Waals surface area contributed by atoms with E-state index in [0.29, 0.717) is 0 Å². The van der Waals surface area contributed by atoms with Crippen LogP contribution in [0.2, 0.25) is 0 Å². The molecule has 0 radical (unpaired) electrons. The highest BCUT2D eigenvalue weighted by Gasteiger charge is 2.31. The molecule has 5 heteroatoms. The minimum Gasteiger partial charge on any atom is -0.358 e. The van der Waals surface area contributed by atoms with Gasteiger partial charge in [-0.1, -0.05) is 18.2 Å². The molecule has 2 aromatic heterocycles. The van der Waals surface area contributed by atoms with Crippen LogP contribution in [-0.2, 0) is 6.54 Å². The Hall–Kier alpha value is -2.56. The highest BCUT2D eigenvalue weighted by molar-refractivity contribution is 6.08. The molecule has 4 rings (SSSR count). The Morgan fingerprint density at radius 3 is 3.04 bits per heavy atom. The summed E-state index contributed by atoms with van der Waals surface area (Å²) in [5.74, 6) is 0.134. The Morgan fingerprint density at radius 1 is 1.35 bits per heavy atom. The molecule has 0 spiro atoms. The zero-order valence-electron chi connectivity index (χ0n) is 13.2. The van der Waals surface area contributed by atoms with E-state index in [1.54, 1.807) is 6.20 Å². The highest BCUT2D eigenvalue weighted by atomic mass is 16.2. The van der Waals surface area contributed by atoms with Crippen LogP contribution >= 0.6 is 0 Å². The number of hydrogen-bond donors (Lipinski definition) is 1. The molecule has 3 aromatic rings. The molecular weight excluding hydrogens is 288 g/mol. The maximum atomic E-state index is 13.2. The smallest absolute Gasteiger partial charge is 0.256 e. The summed E-state index contributed by atoms with van der Waals surface area (Å²) >= 11 is 0. The lowest BCUT2D eigenvalue weighted by Crippen LogP contribution is -2.38. The Balaban J connectivity index is 1.65. The van der Waals surface area contributed by atoms with Gasteiger partial charge in [0.05, 0.1) is 18.2 Å². The van der Waals surface area contributed by atoms with Crippen LogP contribution in [0.25, 0.3) is 10.9 Å². The van der Waals surface area contributed by atoms with E-state index in [1.165, 1.54) is 0 Å². The van der Waals surface area contributed by atoms with Crippen molar-refractivity contribution >= 4 is 16.8 Å². The Morgan fingerprint density at radius 2 is 2.22 bits per heavy atom. The first-order chi connectivity index (χ1) is 11.2. The van der Waals surface area contributed by atoms with Gasteiger partial charge in [0.2, 0.25) is 0 Å². The number of rotatable bonds is 3. The number of nitrogens with one attached hydrogen (secondary N) is 1. The molecule has 118 valence electrons. The minimum atomic E-state index is 0.134. The van der Waals surface area contributed by atoms with Gasteiger partial charge in [0, 0.05) is 35.5 Å². The van der Waals surface area contributed by atoms with Crippen LogP contribution in [0.1, 0.15) is 28.9 Å². The number of hydrogen-bond acceptors (Lipinski definition) is 2. The number of benzene rings is 1. The number of carbonyl (C=O) groups excluding carboxylic acids is 1. The molecule has 0 saturated carbocycles. The van der Waals surface area contributed by atoms with Gasteiger partial charge in [-0.3, -0.25) is 9.48 Å². The molecule has 0 aliphatic carbocycles. The van der Waals surface area contributed by atoms with Gasteiger partial charge in [0.25, 0.3) is 5.91 Å². The fourth-order valence-corrected chi connectivity index (χ4v) is 3.61. The van der Waals surface area contributed by atoms with E-state index in [4.69, 9.17) is 0 Å². The van der Waals surface area contributed by atoms with Crippen LogP contribution in [0.3, 0.4) is 0 Å². The van der Waals surface area contributed by atoms with Crippen LogP contribution in [0.5, 0.6) is 0 Å². The first-order valence-corrected chi connectivity index (χ1v) is 8.10. The maximum absolute atomic E-state index is 13.2. The molecule has 1 fully saturated rings. The zero-order valence-corrected chi connectivity index (χ0v) is 13.2. The monoisotopic (exact) mass is 308 g/mol. The molecule has 1 aliphatic rings. The second kappa shape index (κ2) is 5.57. The Kier molecular flexibility index (Phi) is 3.41. The lowest BCUT2D eigenvalue weighted by Gasteiger charge is -2.25. The van der Waals surface area contributed by atoms with Gasteiger partial charge in [-0.2, -0.15) is 5.10 Å². The van der Waals surface area contributed by atoms with Gasteiger partial charge in [-0.15, -0.1) is 0 Å². The first-order valence-electron chi connectivity index (χ1n) is 8.10. The number of fused-ring (bicyclic) bond motifs is 1. The van der Waals surface area contributed by atoms with Crippen molar-refractivity contribution in [3.05, 3.63) is 54.0 Å². The largest absolute Gasteiger partial charge is 0.358 e. The number of amides is 1. The van der Waals surface area contributed by atoms with Crippen LogP contribution in [0.15, 0.2) is 42.7 Å². The van der Waals surface area contributed by atoms with Crippen LogP contribution in [0.4, 0.5) is 0 Å². The average Bonchev–Trinajstić information content (AvgIpc) is 3.26. The average molecular weight is 308 g/mol. The molecule has 5 nitrogen and oxygen atoms in total. The highest BCUT2D eigenvalue weighted by Crippen LogP contribution is 2.27. The lowest BCUT2D eigenvalue weighted by molar-refractivity contribution is 0.0723. The third-order valence-electron chi connectivity index (χ3n) is 4.70. The summed E-state index contributed by atoms with van der Waals surface area (Å²) in [6.45, 7) is 3.57. The van der Waals surface area contributed by atoms with Crippen molar-refractivity contribution in [1.82, 2.24) is 19.7 Å². The van der Waals surface area contributed by atoms with Crippen molar-refractivity contribution in [3.63, 3.8) is 0 Å². The molecule has 1 aliphatic heterocycles. The summed E-state index contributed by atoms with van der Waals surface area (Å²) in [4.78, 5) is 18.5. The number of aromatic amines is 1. The quantitative estimate of drug-likeness (QED) is 0.808. The van der Waals surface area contributed by atoms with Crippen molar-refractivity contribution < 1.29 is 4.79 Å². The molecule has 0 bridgehead atoms. The summed E-state index contributed by atoms with van der Waals surface area (Å²) < 4.78 is 1.92. The molecule has 23 heavy (non-hydrogen) atoms. The summed E-state index contributed by atoms with van der Waals surface area (Å²) in [5.41, 5.74) is 2.78. The third-order valence-corrected chi connectivity index (χ3v) is 4.70. The van der Waals surface area contributed by atoms with Crippen molar-refractivity contribution in [2.24, 2.45) is 0 Å². The van der Waals surface area contributed by atoms with Crippen LogP contribution in [-0.4, -0.2) is 38.2 Å². The van der Waals surface area contributed by atoms with E-state index >= 15 is 0 Å². The Labute approximate surface area is 134 Å². The second-order valence-electron chi connectivity index (χ2n) is 6.19. The number of aromatic nitrogens is 3. The summed E-state index contributed by atoms with van der Waals surface area (Å²) in [7, 11) is 0. The predicted molar refractivity (Wildman–Crippen MR) is 89.3 cm³/mol. The first kappa shape index (κ1) is 14.1. The van der Waals surface area contributed by atoms with E-state index in [-0.39, 0.29) is 11.9 Å². The van der Waals surface area contributed by atoms with Crippen molar-refractivity contribution in [3.8, 4) is 0 Å². The summed E-state index contributed by atoms with van der Waals surface area (Å²) in [6, 6.07) is 10.1. The fourth-order valence-electron chi connectivity index (χ4n) is 3.61. The van der Waals surface area contributed by atoms with Crippen LogP contribution < -0.4 is 0 Å². The molecule has 3 heterocycles. The predicted octanol–water partition coefficient (Wildman–Crippen LogP) is 2.98. The molecule has 1 amide bonds. The molecule has 1 unspecified atom stereocenters. The zero-order chi connectivity index (χ0) is 15.8. The molecule has 1 saturated heterocycles. The lowest BCUT2D eigenvalue weighted by atomic mass is 10.1. The second-order valence-corrected chi connectivity index (χ2v) is 6.19. The number of carbonyl (C=O) groups is 1. The van der Waals surface area contributed by atoms with E-state index in [0.717, 1.165) is 48.1 Å². The molecular formula is C18H20N4O. The van der Waals surface area contributed by atoms with Gasteiger partial charge in [0.15, 0.2) is 0 Å². The van der Waals surface area contributed by atoms with Gasteiger partial charge in [-0.05, 0) is 31.9 Å². The van der Waals surface area contributed by atoms with Gasteiger partial charge >= 0.3 is 0 Å². The number of para-hydroxylation sites is 1. The number of aryl methyl sites for hydroxylation is 1. The van der Waals surface area contributed by atoms with Crippen molar-refractivity contribution in [2.45, 2.75) is 32.4 Å². The summed E-state index contributed by atoms with van der Waals surface area (Å²) in [5, 5.41) is 5.29.